The van der Waals surface area contributed by atoms with Crippen LogP contribution >= 0.6 is 15.9 Å². The van der Waals surface area contributed by atoms with E-state index in [-0.39, 0.29) is 18.4 Å². The third kappa shape index (κ3) is 5.35. The summed E-state index contributed by atoms with van der Waals surface area (Å²) >= 11 is 3.20. The number of likely N-dealkylation sites (N-methyl/N-ethyl adjacent to an activating group) is 1. The van der Waals surface area contributed by atoms with Gasteiger partial charge < -0.3 is 15.0 Å². The van der Waals surface area contributed by atoms with E-state index >= 15 is 0 Å². The zero-order chi connectivity index (χ0) is 14.3. The lowest BCUT2D eigenvalue weighted by molar-refractivity contribution is -0.121. The molecular formula is C12H16BrN3O3. The van der Waals surface area contributed by atoms with Gasteiger partial charge in [0.1, 0.15) is 4.60 Å². The number of halogens is 1. The van der Waals surface area contributed by atoms with E-state index in [0.717, 1.165) is 0 Å². The van der Waals surface area contributed by atoms with Crippen LogP contribution in [0.3, 0.4) is 0 Å². The average Bonchev–Trinajstić information content (AvgIpc) is 2.39. The van der Waals surface area contributed by atoms with Gasteiger partial charge in [0.15, 0.2) is 0 Å². The summed E-state index contributed by atoms with van der Waals surface area (Å²) in [6.45, 7) is 0.871. The van der Waals surface area contributed by atoms with Crippen molar-refractivity contribution >= 4 is 27.7 Å². The Kier molecular flexibility index (Phi) is 6.44. The molecule has 0 fully saturated rings. The molecule has 0 unspecified atom stereocenters. The molecule has 0 aliphatic rings. The number of pyridine rings is 1. The minimum atomic E-state index is -0.248. The van der Waals surface area contributed by atoms with Crippen LogP contribution in [-0.4, -0.2) is 55.6 Å². The van der Waals surface area contributed by atoms with Gasteiger partial charge in [0.2, 0.25) is 5.91 Å². The summed E-state index contributed by atoms with van der Waals surface area (Å²) in [5, 5.41) is 2.65. The lowest BCUT2D eigenvalue weighted by Crippen LogP contribution is -2.39. The second kappa shape index (κ2) is 7.85. The van der Waals surface area contributed by atoms with Crippen LogP contribution in [0.5, 0.6) is 0 Å². The second-order valence-corrected chi connectivity index (χ2v) is 4.69. The molecule has 1 rings (SSSR count). The predicted molar refractivity (Wildman–Crippen MR) is 73.8 cm³/mol. The van der Waals surface area contributed by atoms with Gasteiger partial charge in [-0.05, 0) is 28.1 Å². The summed E-state index contributed by atoms with van der Waals surface area (Å²) in [4.78, 5) is 28.8. The van der Waals surface area contributed by atoms with Crippen molar-refractivity contribution in [3.05, 3.63) is 28.5 Å². The third-order valence-electron chi connectivity index (χ3n) is 2.33. The minimum Gasteiger partial charge on any atom is -0.383 e. The van der Waals surface area contributed by atoms with Crippen LogP contribution in [0.15, 0.2) is 22.9 Å². The molecule has 7 heteroatoms. The number of methoxy groups -OCH3 is 1. The van der Waals surface area contributed by atoms with Crippen molar-refractivity contribution in [3.8, 4) is 0 Å². The Labute approximate surface area is 120 Å². The second-order valence-electron chi connectivity index (χ2n) is 3.87. The van der Waals surface area contributed by atoms with Crippen LogP contribution in [-0.2, 0) is 9.53 Å². The molecule has 0 spiro atoms. The number of carbonyl (C=O) groups is 2. The summed E-state index contributed by atoms with van der Waals surface area (Å²) in [6, 6.07) is 3.33. The lowest BCUT2D eigenvalue weighted by Gasteiger charge is -2.16. The standard InChI is InChI=1S/C12H16BrN3O3/c1-16(8-11(17)14-5-6-19-2)12(18)9-3-4-10(13)15-7-9/h3-4,7H,5-6,8H2,1-2H3,(H,14,17). The first-order valence-corrected chi connectivity index (χ1v) is 6.46. The van der Waals surface area contributed by atoms with E-state index in [1.54, 1.807) is 26.3 Å². The van der Waals surface area contributed by atoms with Gasteiger partial charge >= 0.3 is 0 Å². The van der Waals surface area contributed by atoms with Gasteiger partial charge in [-0.3, -0.25) is 9.59 Å². The van der Waals surface area contributed by atoms with Crippen LogP contribution < -0.4 is 5.32 Å². The molecule has 1 aromatic heterocycles. The van der Waals surface area contributed by atoms with E-state index in [0.29, 0.717) is 23.3 Å². The van der Waals surface area contributed by atoms with Crippen LogP contribution in [0.25, 0.3) is 0 Å². The van der Waals surface area contributed by atoms with Crippen molar-refractivity contribution in [1.82, 2.24) is 15.2 Å². The van der Waals surface area contributed by atoms with Gasteiger partial charge in [0, 0.05) is 26.9 Å². The molecular weight excluding hydrogens is 314 g/mol. The summed E-state index contributed by atoms with van der Waals surface area (Å²) in [7, 11) is 3.13. The molecule has 0 saturated heterocycles. The highest BCUT2D eigenvalue weighted by Gasteiger charge is 2.14. The highest BCUT2D eigenvalue weighted by Crippen LogP contribution is 2.08. The Balaban J connectivity index is 2.48. The Hall–Kier alpha value is -1.47. The molecule has 0 aliphatic carbocycles. The van der Waals surface area contributed by atoms with E-state index in [9.17, 15) is 9.59 Å². The maximum atomic E-state index is 12.0. The molecule has 0 aromatic carbocycles. The minimum absolute atomic E-state index is 0.00138. The van der Waals surface area contributed by atoms with E-state index < -0.39 is 0 Å². The molecule has 1 N–H and O–H groups in total. The maximum absolute atomic E-state index is 12.0. The summed E-state index contributed by atoms with van der Waals surface area (Å²) in [5.74, 6) is -0.472. The molecule has 1 aromatic rings. The summed E-state index contributed by atoms with van der Waals surface area (Å²) in [6.07, 6.45) is 1.46. The number of aromatic nitrogens is 1. The number of hydrogen-bond donors (Lipinski definition) is 1. The summed E-state index contributed by atoms with van der Waals surface area (Å²) < 4.78 is 5.47. The molecule has 0 radical (unpaired) electrons. The topological polar surface area (TPSA) is 71.5 Å². The van der Waals surface area contributed by atoms with Crippen LogP contribution in [0.2, 0.25) is 0 Å². The molecule has 0 bridgehead atoms. The van der Waals surface area contributed by atoms with Gasteiger partial charge in [0.25, 0.3) is 5.91 Å². The molecule has 1 heterocycles. The normalized spacial score (nSPS) is 10.1. The van der Waals surface area contributed by atoms with Crippen molar-refractivity contribution in [2.75, 3.05) is 33.9 Å². The highest BCUT2D eigenvalue weighted by atomic mass is 79.9. The number of rotatable bonds is 6. The van der Waals surface area contributed by atoms with E-state index in [2.05, 4.69) is 26.2 Å². The van der Waals surface area contributed by atoms with Crippen LogP contribution in [0, 0.1) is 0 Å². The largest absolute Gasteiger partial charge is 0.383 e. The quantitative estimate of drug-likeness (QED) is 0.615. The fraction of sp³-hybridized carbons (Fsp3) is 0.417. The smallest absolute Gasteiger partial charge is 0.255 e. The number of ether oxygens (including phenoxy) is 1. The Bertz CT molecular complexity index is 436. The average molecular weight is 330 g/mol. The van der Waals surface area contributed by atoms with Crippen molar-refractivity contribution in [1.29, 1.82) is 0 Å². The van der Waals surface area contributed by atoms with Crippen molar-refractivity contribution in [2.24, 2.45) is 0 Å². The third-order valence-corrected chi connectivity index (χ3v) is 2.80. The van der Waals surface area contributed by atoms with Gasteiger partial charge in [-0.2, -0.15) is 0 Å². The van der Waals surface area contributed by atoms with Crippen LogP contribution in [0.1, 0.15) is 10.4 Å². The molecule has 104 valence electrons. The van der Waals surface area contributed by atoms with Crippen LogP contribution in [0.4, 0.5) is 0 Å². The van der Waals surface area contributed by atoms with E-state index in [1.807, 2.05) is 0 Å². The Morgan fingerprint density at radius 3 is 2.79 bits per heavy atom. The monoisotopic (exact) mass is 329 g/mol. The number of carbonyl (C=O) groups excluding carboxylic acids is 2. The first-order valence-electron chi connectivity index (χ1n) is 5.67. The molecule has 2 amide bonds. The maximum Gasteiger partial charge on any atom is 0.255 e. The molecule has 0 saturated carbocycles. The van der Waals surface area contributed by atoms with E-state index in [1.165, 1.54) is 11.1 Å². The highest BCUT2D eigenvalue weighted by molar-refractivity contribution is 9.10. The Morgan fingerprint density at radius 1 is 1.47 bits per heavy atom. The summed E-state index contributed by atoms with van der Waals surface area (Å²) in [5.41, 5.74) is 0.440. The molecule has 0 aliphatic heterocycles. The zero-order valence-corrected chi connectivity index (χ0v) is 12.4. The number of amides is 2. The van der Waals surface area contributed by atoms with Gasteiger partial charge in [-0.1, -0.05) is 0 Å². The molecule has 19 heavy (non-hydrogen) atoms. The first-order chi connectivity index (χ1) is 9.04. The fourth-order valence-electron chi connectivity index (χ4n) is 1.36. The first kappa shape index (κ1) is 15.6. The zero-order valence-electron chi connectivity index (χ0n) is 10.9. The van der Waals surface area contributed by atoms with Gasteiger partial charge in [0.05, 0.1) is 18.7 Å². The SMILES string of the molecule is COCCNC(=O)CN(C)C(=O)c1ccc(Br)nc1. The molecule has 6 nitrogen and oxygen atoms in total. The molecule has 0 atom stereocenters. The van der Waals surface area contributed by atoms with Crippen molar-refractivity contribution < 1.29 is 14.3 Å². The number of nitrogens with one attached hydrogen (secondary N) is 1. The van der Waals surface area contributed by atoms with Crippen molar-refractivity contribution in [3.63, 3.8) is 0 Å². The fourth-order valence-corrected chi connectivity index (χ4v) is 1.59. The Morgan fingerprint density at radius 2 is 2.21 bits per heavy atom. The van der Waals surface area contributed by atoms with Gasteiger partial charge in [-0.25, -0.2) is 4.98 Å². The van der Waals surface area contributed by atoms with Gasteiger partial charge in [-0.15, -0.1) is 0 Å². The van der Waals surface area contributed by atoms with Crippen molar-refractivity contribution in [2.45, 2.75) is 0 Å². The number of nitrogens with zero attached hydrogens (tertiary/aromatic N) is 2. The number of hydrogen-bond acceptors (Lipinski definition) is 4. The lowest BCUT2D eigenvalue weighted by atomic mass is 10.2. The van der Waals surface area contributed by atoms with E-state index in [4.69, 9.17) is 4.74 Å². The predicted octanol–water partition coefficient (Wildman–Crippen LogP) is 0.679.